The molecule has 168 valence electrons. The highest BCUT2D eigenvalue weighted by Gasteiger charge is 2.17. The monoisotopic (exact) mass is 487 g/mol. The molecule has 2 heterocycles. The molecule has 11 heteroatoms. The first-order chi connectivity index (χ1) is 14.2. The molecule has 0 aliphatic rings. The maximum absolute atomic E-state index is 14.5. The van der Waals surface area contributed by atoms with Gasteiger partial charge in [0.1, 0.15) is 22.4 Å². The zero-order valence-corrected chi connectivity index (χ0v) is 19.6. The van der Waals surface area contributed by atoms with Crippen LogP contribution in [-0.4, -0.2) is 45.1 Å². The highest BCUT2D eigenvalue weighted by atomic mass is 35.5. The minimum absolute atomic E-state index is 0. The topological polar surface area (TPSA) is 106 Å². The Morgan fingerprint density at radius 1 is 1.23 bits per heavy atom. The number of aromatic nitrogens is 3. The first-order valence-electron chi connectivity index (χ1n) is 9.37. The van der Waals surface area contributed by atoms with Gasteiger partial charge >= 0.3 is 0 Å². The highest BCUT2D eigenvalue weighted by molar-refractivity contribution is 7.18. The van der Waals surface area contributed by atoms with E-state index in [1.165, 1.54) is 30.4 Å². The smallest absolute Gasteiger partial charge is 0.165 e. The summed E-state index contributed by atoms with van der Waals surface area (Å²) in [6.07, 6.45) is 0.937. The SMILES string of the molecule is CC(C)Nc1ccc(-c2nnc(-c3cc(F)c(OC[C@H](N)[C@@H](C)O)cc3Cl)s2)cn1.Cl. The molecule has 0 radical (unpaired) electrons. The Kier molecular flexibility index (Phi) is 8.96. The number of nitrogens with two attached hydrogens (primary N) is 1. The van der Waals surface area contributed by atoms with Crippen LogP contribution in [0, 0.1) is 5.82 Å². The maximum Gasteiger partial charge on any atom is 0.165 e. The zero-order valence-electron chi connectivity index (χ0n) is 17.2. The summed E-state index contributed by atoms with van der Waals surface area (Å²) in [6, 6.07) is 6.03. The molecule has 0 bridgehead atoms. The van der Waals surface area contributed by atoms with Gasteiger partial charge in [0.15, 0.2) is 11.6 Å². The number of aliphatic hydroxyl groups excluding tert-OH is 1. The average molecular weight is 488 g/mol. The van der Waals surface area contributed by atoms with Crippen LogP contribution in [0.3, 0.4) is 0 Å². The van der Waals surface area contributed by atoms with Gasteiger partial charge in [0, 0.05) is 29.4 Å². The molecule has 0 aliphatic heterocycles. The summed E-state index contributed by atoms with van der Waals surface area (Å²) in [7, 11) is 0. The van der Waals surface area contributed by atoms with Crippen molar-refractivity contribution < 1.29 is 14.2 Å². The quantitative estimate of drug-likeness (QED) is 0.432. The predicted octanol–water partition coefficient (Wildman–Crippen LogP) is 4.39. The first kappa shape index (κ1) is 25.2. The molecule has 7 nitrogen and oxygen atoms in total. The molecule has 0 saturated carbocycles. The minimum Gasteiger partial charge on any atom is -0.489 e. The van der Waals surface area contributed by atoms with E-state index in [1.54, 1.807) is 6.20 Å². The Bertz CT molecular complexity index is 1000. The van der Waals surface area contributed by atoms with E-state index < -0.39 is 18.0 Å². The summed E-state index contributed by atoms with van der Waals surface area (Å²) in [4.78, 5) is 4.36. The molecule has 0 unspecified atom stereocenters. The van der Waals surface area contributed by atoms with Crippen molar-refractivity contribution in [2.45, 2.75) is 39.0 Å². The van der Waals surface area contributed by atoms with Crippen molar-refractivity contribution in [1.29, 1.82) is 0 Å². The Balaban J connectivity index is 0.00000341. The lowest BCUT2D eigenvalue weighted by molar-refractivity contribution is 0.129. The van der Waals surface area contributed by atoms with E-state index in [0.29, 0.717) is 15.6 Å². The largest absolute Gasteiger partial charge is 0.489 e. The van der Waals surface area contributed by atoms with Gasteiger partial charge in [-0.3, -0.25) is 0 Å². The molecule has 1 aromatic carbocycles. The average Bonchev–Trinajstić information content (AvgIpc) is 3.18. The van der Waals surface area contributed by atoms with Gasteiger partial charge < -0.3 is 20.9 Å². The summed E-state index contributed by atoms with van der Waals surface area (Å²) in [6.45, 7) is 5.57. The fourth-order valence-corrected chi connectivity index (χ4v) is 3.64. The number of anilines is 1. The Hall–Kier alpha value is -2.04. The van der Waals surface area contributed by atoms with E-state index in [1.807, 2.05) is 26.0 Å². The molecular formula is C20H24Cl2FN5O2S. The first-order valence-corrected chi connectivity index (χ1v) is 10.6. The summed E-state index contributed by atoms with van der Waals surface area (Å²) in [5.74, 6) is 0.131. The number of ether oxygens (including phenoxy) is 1. The van der Waals surface area contributed by atoms with Crippen molar-refractivity contribution in [3.63, 3.8) is 0 Å². The van der Waals surface area contributed by atoms with Gasteiger partial charge in [-0.2, -0.15) is 0 Å². The van der Waals surface area contributed by atoms with Gasteiger partial charge in [-0.1, -0.05) is 22.9 Å². The molecule has 2 aromatic heterocycles. The second kappa shape index (κ2) is 11.0. The van der Waals surface area contributed by atoms with Crippen LogP contribution < -0.4 is 15.8 Å². The Labute approximate surface area is 195 Å². The lowest BCUT2D eigenvalue weighted by Crippen LogP contribution is -2.38. The third-order valence-electron chi connectivity index (χ3n) is 4.17. The van der Waals surface area contributed by atoms with Crippen LogP contribution in [0.15, 0.2) is 30.5 Å². The number of nitrogens with one attached hydrogen (secondary N) is 1. The molecule has 4 N–H and O–H groups in total. The molecule has 3 rings (SSSR count). The van der Waals surface area contributed by atoms with Crippen molar-refractivity contribution in [3.8, 4) is 26.9 Å². The highest BCUT2D eigenvalue weighted by Crippen LogP contribution is 2.37. The summed E-state index contributed by atoms with van der Waals surface area (Å²) in [5.41, 5.74) is 6.92. The predicted molar refractivity (Wildman–Crippen MR) is 125 cm³/mol. The molecular weight excluding hydrogens is 464 g/mol. The van der Waals surface area contributed by atoms with E-state index in [0.717, 1.165) is 11.4 Å². The van der Waals surface area contributed by atoms with Crippen LogP contribution in [-0.2, 0) is 0 Å². The number of nitrogens with zero attached hydrogens (tertiary/aromatic N) is 3. The normalized spacial score (nSPS) is 12.9. The Morgan fingerprint density at radius 2 is 1.94 bits per heavy atom. The van der Waals surface area contributed by atoms with Gasteiger partial charge in [-0.25, -0.2) is 9.37 Å². The van der Waals surface area contributed by atoms with E-state index in [4.69, 9.17) is 22.1 Å². The molecule has 0 fully saturated rings. The van der Waals surface area contributed by atoms with Crippen molar-refractivity contribution >= 4 is 41.2 Å². The molecule has 3 aromatic rings. The van der Waals surface area contributed by atoms with Crippen LogP contribution in [0.1, 0.15) is 20.8 Å². The molecule has 0 amide bonds. The summed E-state index contributed by atoms with van der Waals surface area (Å²) < 4.78 is 19.9. The molecule has 0 spiro atoms. The third kappa shape index (κ3) is 6.47. The molecule has 0 aliphatic carbocycles. The maximum atomic E-state index is 14.5. The van der Waals surface area contributed by atoms with Crippen molar-refractivity contribution in [2.75, 3.05) is 11.9 Å². The number of hydrogen-bond donors (Lipinski definition) is 3. The van der Waals surface area contributed by atoms with Gasteiger partial charge in [0.2, 0.25) is 0 Å². The van der Waals surface area contributed by atoms with E-state index in [2.05, 4.69) is 20.5 Å². The van der Waals surface area contributed by atoms with Crippen LogP contribution in [0.5, 0.6) is 5.75 Å². The van der Waals surface area contributed by atoms with Crippen LogP contribution in [0.4, 0.5) is 10.2 Å². The molecule has 0 saturated heterocycles. The lowest BCUT2D eigenvalue weighted by atomic mass is 10.2. The fraction of sp³-hybridized carbons (Fsp3) is 0.350. The lowest BCUT2D eigenvalue weighted by Gasteiger charge is -2.16. The number of pyridine rings is 1. The zero-order chi connectivity index (χ0) is 21.8. The minimum atomic E-state index is -0.771. The number of rotatable bonds is 8. The van der Waals surface area contributed by atoms with Crippen LogP contribution >= 0.6 is 35.3 Å². The van der Waals surface area contributed by atoms with Gasteiger partial charge in [0.25, 0.3) is 0 Å². The van der Waals surface area contributed by atoms with Gasteiger partial charge in [-0.05, 0) is 39.0 Å². The number of hydrogen-bond acceptors (Lipinski definition) is 8. The second-order valence-corrected chi connectivity index (χ2v) is 8.51. The van der Waals surface area contributed by atoms with Crippen LogP contribution in [0.2, 0.25) is 5.02 Å². The number of aliphatic hydroxyl groups is 1. The number of benzene rings is 1. The van der Waals surface area contributed by atoms with E-state index >= 15 is 0 Å². The van der Waals surface area contributed by atoms with Crippen molar-refractivity contribution in [3.05, 3.63) is 41.3 Å². The van der Waals surface area contributed by atoms with E-state index in [9.17, 15) is 9.50 Å². The second-order valence-electron chi connectivity index (χ2n) is 7.12. The van der Waals surface area contributed by atoms with Crippen molar-refractivity contribution in [2.24, 2.45) is 5.73 Å². The number of halogens is 3. The van der Waals surface area contributed by atoms with Crippen molar-refractivity contribution in [1.82, 2.24) is 15.2 Å². The molecule has 2 atom stereocenters. The third-order valence-corrected chi connectivity index (χ3v) is 5.49. The van der Waals surface area contributed by atoms with E-state index in [-0.39, 0.29) is 35.8 Å². The summed E-state index contributed by atoms with van der Waals surface area (Å²) in [5, 5.41) is 22.4. The van der Waals surface area contributed by atoms with Gasteiger partial charge in [-0.15, -0.1) is 22.6 Å². The molecule has 31 heavy (non-hydrogen) atoms. The summed E-state index contributed by atoms with van der Waals surface area (Å²) >= 11 is 7.61. The Morgan fingerprint density at radius 3 is 2.55 bits per heavy atom. The fourth-order valence-electron chi connectivity index (χ4n) is 2.48. The van der Waals surface area contributed by atoms with Crippen LogP contribution in [0.25, 0.3) is 21.1 Å². The standard InChI is InChI=1S/C20H23ClFN5O2S.ClH/c1-10(2)25-18-5-4-12(8-24-18)19-26-27-20(30-19)13-6-15(22)17(7-14(13)21)29-9-16(23)11(3)28;/h4-8,10-11,16,28H,9,23H2,1-3H3,(H,24,25);1H/t11-,16+;/m1./s1. The van der Waals surface area contributed by atoms with Gasteiger partial charge in [0.05, 0.1) is 17.2 Å².